The van der Waals surface area contributed by atoms with E-state index in [9.17, 15) is 33.6 Å². The maximum absolute atomic E-state index is 14.6. The number of aromatic amines is 1. The van der Waals surface area contributed by atoms with Crippen molar-refractivity contribution in [2.75, 3.05) is 19.6 Å². The van der Waals surface area contributed by atoms with Crippen molar-refractivity contribution in [1.82, 2.24) is 41.8 Å². The van der Waals surface area contributed by atoms with E-state index in [1.165, 1.54) is 11.8 Å². The number of nitrogens with two attached hydrogens (primary N) is 2. The molecule has 2 saturated heterocycles. The number of carboxylic acids is 1. The van der Waals surface area contributed by atoms with Crippen LogP contribution in [-0.2, 0) is 51.2 Å². The number of aromatic nitrogens is 1. The van der Waals surface area contributed by atoms with Crippen molar-refractivity contribution in [3.8, 4) is 0 Å². The number of para-hydroxylation sites is 1. The summed E-state index contributed by atoms with van der Waals surface area (Å²) in [6.45, 7) is 2.91. The van der Waals surface area contributed by atoms with Crippen LogP contribution in [0.4, 0.5) is 0 Å². The summed E-state index contributed by atoms with van der Waals surface area (Å²) in [4.78, 5) is 116. The first-order valence-electron chi connectivity index (χ1n) is 24.0. The summed E-state index contributed by atoms with van der Waals surface area (Å²) in [6, 6.07) is 10.5. The minimum Gasteiger partial charge on any atom is -0.481 e. The molecule has 3 aromatic rings. The van der Waals surface area contributed by atoms with Crippen molar-refractivity contribution in [3.05, 3.63) is 71.9 Å². The van der Waals surface area contributed by atoms with Gasteiger partial charge in [-0.1, -0.05) is 80.6 Å². The Morgan fingerprint density at radius 3 is 2.17 bits per heavy atom. The van der Waals surface area contributed by atoms with Crippen molar-refractivity contribution in [2.45, 2.75) is 140 Å². The van der Waals surface area contributed by atoms with Crippen LogP contribution in [0, 0.1) is 5.92 Å². The summed E-state index contributed by atoms with van der Waals surface area (Å²) in [5, 5.41) is 25.6. The van der Waals surface area contributed by atoms with Crippen LogP contribution in [-0.4, -0.2) is 124 Å². The number of carboxylic acid groups (broad SMARTS) is 1. The molecule has 2 aliphatic heterocycles. The lowest BCUT2D eigenvalue weighted by molar-refractivity contribution is -0.142. The third-order valence-electron chi connectivity index (χ3n) is 12.6. The first kappa shape index (κ1) is 53.0. The Labute approximate surface area is 402 Å². The molecule has 1 aromatic heterocycles. The van der Waals surface area contributed by atoms with Gasteiger partial charge in [-0.15, -0.1) is 0 Å². The van der Waals surface area contributed by atoms with E-state index < -0.39 is 83.6 Å². The van der Waals surface area contributed by atoms with E-state index in [4.69, 9.17) is 21.4 Å². The van der Waals surface area contributed by atoms with Gasteiger partial charge in [-0.2, -0.15) is 0 Å². The Bertz CT molecular complexity index is 2270. The van der Waals surface area contributed by atoms with Crippen molar-refractivity contribution >= 4 is 64.2 Å². The summed E-state index contributed by atoms with van der Waals surface area (Å²) >= 11 is 0. The van der Waals surface area contributed by atoms with Crippen LogP contribution in [0.1, 0.15) is 102 Å². The van der Waals surface area contributed by atoms with Gasteiger partial charge in [0, 0.05) is 63.4 Å². The van der Waals surface area contributed by atoms with Gasteiger partial charge in [0.1, 0.15) is 36.3 Å². The second-order valence-corrected chi connectivity index (χ2v) is 18.1. The normalized spacial score (nSPS) is 22.4. The molecule has 3 heterocycles. The number of guanidine groups is 1. The highest BCUT2D eigenvalue weighted by Gasteiger charge is 2.40. The molecule has 0 radical (unpaired) electrons. The first-order chi connectivity index (χ1) is 33.1. The molecule has 3 fully saturated rings. The molecule has 3 aliphatic rings. The number of carbonyl (C=O) groups excluding carboxylic acids is 7. The van der Waals surface area contributed by atoms with E-state index in [1.54, 1.807) is 6.20 Å². The van der Waals surface area contributed by atoms with E-state index in [0.717, 1.165) is 61.1 Å². The summed E-state index contributed by atoms with van der Waals surface area (Å²) in [5.74, 6) is -4.42. The summed E-state index contributed by atoms with van der Waals surface area (Å²) in [7, 11) is 0. The highest BCUT2D eigenvalue weighted by molar-refractivity contribution is 5.98. The van der Waals surface area contributed by atoms with Gasteiger partial charge in [-0.05, 0) is 68.1 Å². The van der Waals surface area contributed by atoms with E-state index in [2.05, 4.69) is 41.9 Å². The Balaban J connectivity index is 0.00000213. The Hall–Kier alpha value is -6.99. The standard InChI is InChI=1S/C47H65N11O7.C2H4O2/c1-29(59)53-37(25-30-13-4-2-5-14-30)42(61)55-36-20-11-22-50-41(60)35(19-10-23-51-47(48)49)54-44(63)39(27-32-28-52-34-18-9-8-17-33(32)34)56-43(62)38(26-31-15-6-3-7-16-31)57-45(64)40-21-12-24-58(40)46(36)65;1-2(3)4/h2,4-5,8-9,13-14,17-18,28,31,35-40,52H,3,6-7,10-12,15-16,19-27H2,1H3,(H,50,60)(H,53,59)(H,54,63)(H,55,61)(H,56,62)(H,57,64)(H4,48,49,51);1H3,(H,3,4)/t35-,36-,37-,38?,39-,40-;/m0./s1. The molecule has 374 valence electrons. The van der Waals surface area contributed by atoms with Crippen LogP contribution in [0.5, 0.6) is 0 Å². The van der Waals surface area contributed by atoms with Crippen LogP contribution in [0.3, 0.4) is 0 Å². The highest BCUT2D eigenvalue weighted by Crippen LogP contribution is 2.28. The third-order valence-corrected chi connectivity index (χ3v) is 12.6. The minimum atomic E-state index is -1.14. The number of aliphatic carboxylic acids is 1. The van der Waals surface area contributed by atoms with Gasteiger partial charge in [0.15, 0.2) is 5.96 Å². The lowest BCUT2D eigenvalue weighted by Gasteiger charge is -2.32. The quantitative estimate of drug-likeness (QED) is 0.0664. The van der Waals surface area contributed by atoms with Gasteiger partial charge in [0.25, 0.3) is 5.97 Å². The second-order valence-electron chi connectivity index (χ2n) is 18.1. The molecule has 20 heteroatoms. The molecule has 69 heavy (non-hydrogen) atoms. The van der Waals surface area contributed by atoms with E-state index in [0.29, 0.717) is 25.7 Å². The summed E-state index contributed by atoms with van der Waals surface area (Å²) in [6.07, 6.45) is 8.88. The Kier molecular flexibility index (Phi) is 20.4. The minimum absolute atomic E-state index is 0.0696. The molecule has 6 rings (SSSR count). The lowest BCUT2D eigenvalue weighted by Crippen LogP contribution is -2.60. The maximum Gasteiger partial charge on any atom is 0.300 e. The predicted octanol–water partition coefficient (Wildman–Crippen LogP) is 1.41. The summed E-state index contributed by atoms with van der Waals surface area (Å²) in [5.41, 5.74) is 13.5. The molecule has 0 spiro atoms. The highest BCUT2D eigenvalue weighted by atomic mass is 16.4. The van der Waals surface area contributed by atoms with E-state index >= 15 is 0 Å². The summed E-state index contributed by atoms with van der Waals surface area (Å²) < 4.78 is 0. The number of benzene rings is 2. The molecule has 7 amide bonds. The molecule has 6 atom stereocenters. The van der Waals surface area contributed by atoms with Crippen molar-refractivity contribution in [3.63, 3.8) is 0 Å². The zero-order valence-electron chi connectivity index (χ0n) is 39.6. The lowest BCUT2D eigenvalue weighted by atomic mass is 9.84. The van der Waals surface area contributed by atoms with Crippen molar-refractivity contribution in [2.24, 2.45) is 22.4 Å². The molecule has 0 bridgehead atoms. The average Bonchev–Trinajstić information content (AvgIpc) is 3.98. The van der Waals surface area contributed by atoms with Crippen LogP contribution in [0.15, 0.2) is 65.8 Å². The van der Waals surface area contributed by atoms with Crippen LogP contribution in [0.2, 0.25) is 0 Å². The van der Waals surface area contributed by atoms with Gasteiger partial charge < -0.3 is 58.4 Å². The van der Waals surface area contributed by atoms with Gasteiger partial charge in [0.2, 0.25) is 41.4 Å². The largest absolute Gasteiger partial charge is 0.481 e. The molecule has 2 aromatic carbocycles. The second kappa shape index (κ2) is 26.5. The van der Waals surface area contributed by atoms with Gasteiger partial charge >= 0.3 is 0 Å². The fourth-order valence-electron chi connectivity index (χ4n) is 9.28. The number of hydrogen-bond donors (Lipinski definition) is 10. The van der Waals surface area contributed by atoms with Crippen LogP contribution >= 0.6 is 0 Å². The first-order valence-corrected chi connectivity index (χ1v) is 24.0. The SMILES string of the molecule is CC(=O)N[C@@H](Cc1ccccc1)C(=O)N[C@H]1CCCNC(=O)[C@H](CCCN=C(N)N)NC(=O)[C@H](Cc2c[nH]c3ccccc23)NC(=O)C(CC2CCCCC2)NC(=O)[C@@H]2CCCN2C1=O.CC(=O)O. The number of rotatable bonds is 13. The number of aliphatic imine (C=N–C) groups is 1. The molecule has 1 saturated carbocycles. The average molecular weight is 956 g/mol. The molecule has 20 nitrogen and oxygen atoms in total. The van der Waals surface area contributed by atoms with Crippen LogP contribution < -0.4 is 43.4 Å². The smallest absolute Gasteiger partial charge is 0.300 e. The van der Waals surface area contributed by atoms with E-state index in [-0.39, 0.29) is 63.6 Å². The van der Waals surface area contributed by atoms with E-state index in [1.807, 2.05) is 54.6 Å². The van der Waals surface area contributed by atoms with Crippen LogP contribution in [0.25, 0.3) is 10.9 Å². The number of H-pyrrole nitrogens is 1. The fraction of sp³-hybridized carbons (Fsp3) is 0.531. The topological polar surface area (TPSA) is 312 Å². The number of carbonyl (C=O) groups is 8. The van der Waals surface area contributed by atoms with Gasteiger partial charge in [0.05, 0.1) is 0 Å². The number of hydrogen-bond acceptors (Lipinski definition) is 9. The Morgan fingerprint density at radius 2 is 1.46 bits per heavy atom. The fourth-order valence-corrected chi connectivity index (χ4v) is 9.28. The predicted molar refractivity (Wildman–Crippen MR) is 259 cm³/mol. The Morgan fingerprint density at radius 1 is 0.797 bits per heavy atom. The van der Waals surface area contributed by atoms with Gasteiger partial charge in [-0.25, -0.2) is 0 Å². The number of fused-ring (bicyclic) bond motifs is 2. The molecular weight excluding hydrogens is 887 g/mol. The maximum atomic E-state index is 14.6. The molecule has 1 aliphatic carbocycles. The zero-order chi connectivity index (χ0) is 49.9. The van der Waals surface area contributed by atoms with Crippen molar-refractivity contribution < 1.29 is 43.5 Å². The number of amides is 7. The zero-order valence-corrected chi connectivity index (χ0v) is 39.6. The van der Waals surface area contributed by atoms with Gasteiger partial charge in [-0.3, -0.25) is 43.3 Å². The van der Waals surface area contributed by atoms with Crippen molar-refractivity contribution in [1.29, 1.82) is 0 Å². The molecule has 1 unspecified atom stereocenters. The number of nitrogens with one attached hydrogen (secondary N) is 7. The monoisotopic (exact) mass is 956 g/mol. The molecular formula is C49H69N11O9. The third kappa shape index (κ3) is 16.6. The molecule has 12 N–H and O–H groups in total. The number of nitrogens with zero attached hydrogens (tertiary/aromatic N) is 2.